The number of hydrogen-bond acceptors (Lipinski definition) is 4. The smallest absolute Gasteiger partial charge is 0.257 e. The van der Waals surface area contributed by atoms with Crippen molar-refractivity contribution >= 4 is 57.2 Å². The highest BCUT2D eigenvalue weighted by Gasteiger charge is 2.11. The number of anilines is 2. The van der Waals surface area contributed by atoms with Crippen molar-refractivity contribution in [2.24, 2.45) is 0 Å². The Labute approximate surface area is 170 Å². The molecule has 1 aromatic heterocycles. The van der Waals surface area contributed by atoms with Crippen molar-refractivity contribution in [3.63, 3.8) is 0 Å². The van der Waals surface area contributed by atoms with Gasteiger partial charge in [-0.15, -0.1) is 11.3 Å². The summed E-state index contributed by atoms with van der Waals surface area (Å²) in [6.07, 6.45) is 2.32. The van der Waals surface area contributed by atoms with E-state index in [1.807, 2.05) is 6.07 Å². The van der Waals surface area contributed by atoms with Gasteiger partial charge in [0.1, 0.15) is 0 Å². The largest absolute Gasteiger partial charge is 0.326 e. The topological polar surface area (TPSA) is 71.1 Å². The molecule has 3 aromatic rings. The molecule has 0 radical (unpaired) electrons. The van der Waals surface area contributed by atoms with Gasteiger partial charge in [-0.2, -0.15) is 0 Å². The van der Waals surface area contributed by atoms with Crippen molar-refractivity contribution in [3.05, 3.63) is 74.7 Å². The van der Waals surface area contributed by atoms with Crippen molar-refractivity contribution in [2.75, 3.05) is 10.6 Å². The third kappa shape index (κ3) is 5.29. The molecule has 8 heteroatoms. The molecule has 0 aliphatic heterocycles. The van der Waals surface area contributed by atoms with Crippen LogP contribution >= 0.6 is 34.5 Å². The summed E-state index contributed by atoms with van der Waals surface area (Å²) in [6.45, 7) is 1.43. The van der Waals surface area contributed by atoms with Gasteiger partial charge in [0.05, 0.1) is 0 Å². The minimum atomic E-state index is -0.269. The molecule has 0 aliphatic rings. The van der Waals surface area contributed by atoms with Crippen LogP contribution in [-0.4, -0.2) is 16.8 Å². The Morgan fingerprint density at radius 3 is 2.48 bits per heavy atom. The summed E-state index contributed by atoms with van der Waals surface area (Å²) in [4.78, 5) is 28.6. The number of aromatic nitrogens is 1. The van der Waals surface area contributed by atoms with Gasteiger partial charge in [0.25, 0.3) is 5.91 Å². The van der Waals surface area contributed by atoms with Gasteiger partial charge in [0.2, 0.25) is 5.91 Å². The molecule has 0 saturated heterocycles. The normalized spacial score (nSPS) is 10.5. The van der Waals surface area contributed by atoms with E-state index in [1.165, 1.54) is 18.3 Å². The molecule has 2 N–H and O–H groups in total. The lowest BCUT2D eigenvalue weighted by Crippen LogP contribution is -2.12. The van der Waals surface area contributed by atoms with Crippen LogP contribution in [0.2, 0.25) is 10.0 Å². The van der Waals surface area contributed by atoms with Gasteiger partial charge < -0.3 is 5.32 Å². The van der Waals surface area contributed by atoms with Gasteiger partial charge in [0.15, 0.2) is 5.13 Å². The number of halogens is 2. The summed E-state index contributed by atoms with van der Waals surface area (Å²) in [7, 11) is 0. The van der Waals surface area contributed by atoms with E-state index in [2.05, 4.69) is 15.6 Å². The first kappa shape index (κ1) is 19.4. The predicted octanol–water partition coefficient (Wildman–Crippen LogP) is 5.25. The fourth-order valence-electron chi connectivity index (χ4n) is 2.38. The van der Waals surface area contributed by atoms with E-state index in [4.69, 9.17) is 23.2 Å². The lowest BCUT2D eigenvalue weighted by Gasteiger charge is -2.04. The number of thiazole rings is 1. The molecule has 27 heavy (non-hydrogen) atoms. The van der Waals surface area contributed by atoms with Gasteiger partial charge in [0, 0.05) is 45.7 Å². The van der Waals surface area contributed by atoms with Gasteiger partial charge in [-0.05, 0) is 42.0 Å². The number of benzene rings is 2. The predicted molar refractivity (Wildman–Crippen MR) is 110 cm³/mol. The van der Waals surface area contributed by atoms with E-state index in [1.54, 1.807) is 42.6 Å². The first-order valence-corrected chi connectivity index (χ1v) is 9.55. The van der Waals surface area contributed by atoms with Crippen molar-refractivity contribution in [1.29, 1.82) is 0 Å². The minimum Gasteiger partial charge on any atom is -0.326 e. The van der Waals surface area contributed by atoms with Crippen molar-refractivity contribution in [3.8, 4) is 0 Å². The molecule has 0 saturated carbocycles. The zero-order valence-electron chi connectivity index (χ0n) is 14.3. The van der Waals surface area contributed by atoms with Crippen LogP contribution in [-0.2, 0) is 11.2 Å². The first-order chi connectivity index (χ1) is 12.9. The van der Waals surface area contributed by atoms with Crippen molar-refractivity contribution < 1.29 is 9.59 Å². The zero-order valence-corrected chi connectivity index (χ0v) is 16.6. The highest BCUT2D eigenvalue weighted by Crippen LogP contribution is 2.27. The van der Waals surface area contributed by atoms with Crippen LogP contribution in [0.5, 0.6) is 0 Å². The quantitative estimate of drug-likeness (QED) is 0.592. The molecule has 138 valence electrons. The molecular formula is C19H15Cl2N3O2S. The Balaban J connectivity index is 1.64. The van der Waals surface area contributed by atoms with E-state index in [0.717, 1.165) is 10.4 Å². The monoisotopic (exact) mass is 419 g/mol. The number of nitrogens with one attached hydrogen (secondary N) is 2. The van der Waals surface area contributed by atoms with Crippen LogP contribution in [0.25, 0.3) is 0 Å². The average molecular weight is 420 g/mol. The third-order valence-corrected chi connectivity index (χ3v) is 5.12. The Kier molecular flexibility index (Phi) is 6.11. The van der Waals surface area contributed by atoms with Crippen LogP contribution in [0.3, 0.4) is 0 Å². The Hall–Kier alpha value is -2.41. The molecule has 0 atom stereocenters. The van der Waals surface area contributed by atoms with Crippen LogP contribution < -0.4 is 10.6 Å². The maximum atomic E-state index is 12.3. The number of carbonyl (C=O) groups is 2. The highest BCUT2D eigenvalue weighted by molar-refractivity contribution is 7.15. The summed E-state index contributed by atoms with van der Waals surface area (Å²) in [6, 6.07) is 12.0. The second kappa shape index (κ2) is 8.52. The number of amides is 2. The summed E-state index contributed by atoms with van der Waals surface area (Å²) < 4.78 is 0. The first-order valence-electron chi connectivity index (χ1n) is 7.98. The van der Waals surface area contributed by atoms with Crippen LogP contribution in [0.4, 0.5) is 10.8 Å². The van der Waals surface area contributed by atoms with Crippen LogP contribution in [0.1, 0.15) is 27.7 Å². The van der Waals surface area contributed by atoms with E-state index < -0.39 is 0 Å². The van der Waals surface area contributed by atoms with Crippen molar-refractivity contribution in [1.82, 2.24) is 4.98 Å². The molecule has 2 aromatic carbocycles. The number of nitrogens with zero attached hydrogens (tertiary/aromatic N) is 1. The number of carbonyl (C=O) groups excluding carboxylic acids is 2. The molecule has 0 bridgehead atoms. The fourth-order valence-corrected chi connectivity index (χ4v) is 3.68. The third-order valence-electron chi connectivity index (χ3n) is 3.62. The molecule has 0 unspecified atom stereocenters. The maximum absolute atomic E-state index is 12.3. The van der Waals surface area contributed by atoms with E-state index in [9.17, 15) is 9.59 Å². The van der Waals surface area contributed by atoms with Gasteiger partial charge in [-0.25, -0.2) is 4.98 Å². The molecule has 0 spiro atoms. The SMILES string of the molecule is CC(=O)Nc1ccc(C(=O)Nc2ncc(Cc3ccc(Cl)cc3Cl)s2)cc1. The highest BCUT2D eigenvalue weighted by atomic mass is 35.5. The second-order valence-corrected chi connectivity index (χ2v) is 7.72. The average Bonchev–Trinajstić information content (AvgIpc) is 3.04. The lowest BCUT2D eigenvalue weighted by atomic mass is 10.1. The molecule has 5 nitrogen and oxygen atoms in total. The van der Waals surface area contributed by atoms with Gasteiger partial charge in [-0.1, -0.05) is 29.3 Å². The molecule has 0 aliphatic carbocycles. The Morgan fingerprint density at radius 2 is 1.81 bits per heavy atom. The molecule has 3 rings (SSSR count). The molecule has 2 amide bonds. The van der Waals surface area contributed by atoms with Gasteiger partial charge in [-0.3, -0.25) is 14.9 Å². The van der Waals surface area contributed by atoms with Crippen molar-refractivity contribution in [2.45, 2.75) is 13.3 Å². The van der Waals surface area contributed by atoms with Crippen LogP contribution in [0, 0.1) is 0 Å². The van der Waals surface area contributed by atoms with Gasteiger partial charge >= 0.3 is 0 Å². The molecular weight excluding hydrogens is 405 g/mol. The molecule has 0 fully saturated rings. The number of hydrogen-bond donors (Lipinski definition) is 2. The summed E-state index contributed by atoms with van der Waals surface area (Å²) in [5.74, 6) is -0.432. The van der Waals surface area contributed by atoms with E-state index in [0.29, 0.717) is 32.8 Å². The summed E-state index contributed by atoms with van der Waals surface area (Å²) in [5, 5.41) is 7.12. The minimum absolute atomic E-state index is 0.164. The summed E-state index contributed by atoms with van der Waals surface area (Å²) in [5.41, 5.74) is 2.05. The standard InChI is InChI=1S/C19H15Cl2N3O2S/c1-11(25)23-15-6-3-12(4-7-15)18(26)24-19-22-10-16(27-19)8-13-2-5-14(20)9-17(13)21/h2-7,9-10H,8H2,1H3,(H,23,25)(H,22,24,26). The fraction of sp³-hybridized carbons (Fsp3) is 0.105. The zero-order chi connectivity index (χ0) is 19.4. The second-order valence-electron chi connectivity index (χ2n) is 5.76. The Bertz CT molecular complexity index is 987. The summed E-state index contributed by atoms with van der Waals surface area (Å²) >= 11 is 13.5. The number of rotatable bonds is 5. The van der Waals surface area contributed by atoms with E-state index >= 15 is 0 Å². The Morgan fingerprint density at radius 1 is 1.07 bits per heavy atom. The van der Waals surface area contributed by atoms with E-state index in [-0.39, 0.29) is 11.8 Å². The van der Waals surface area contributed by atoms with Crippen LogP contribution in [0.15, 0.2) is 48.7 Å². The maximum Gasteiger partial charge on any atom is 0.257 e. The lowest BCUT2D eigenvalue weighted by molar-refractivity contribution is -0.114. The molecule has 1 heterocycles.